The first-order valence-electron chi connectivity index (χ1n) is 8.60. The Labute approximate surface area is 163 Å². The molecular formula is C20H17N3O4Si. The molecule has 3 aromatic heterocycles. The van der Waals surface area contributed by atoms with Gasteiger partial charge in [0.05, 0.1) is 11.5 Å². The molecule has 0 fully saturated rings. The van der Waals surface area contributed by atoms with Gasteiger partial charge in [-0.2, -0.15) is 0 Å². The van der Waals surface area contributed by atoms with Crippen molar-refractivity contribution in [1.29, 1.82) is 0 Å². The molecule has 0 spiro atoms. The van der Waals surface area contributed by atoms with Gasteiger partial charge in [-0.3, -0.25) is 15.0 Å². The molecule has 0 aromatic carbocycles. The number of hydrogen-bond acceptors (Lipinski definition) is 7. The van der Waals surface area contributed by atoms with E-state index in [-0.39, 0.29) is 0 Å². The zero-order chi connectivity index (χ0) is 19.1. The highest BCUT2D eigenvalue weighted by Crippen LogP contribution is 2.29. The molecule has 0 atom stereocenters. The van der Waals surface area contributed by atoms with Gasteiger partial charge in [-0.05, 0) is 48.6 Å². The fourth-order valence-electron chi connectivity index (χ4n) is 2.53. The van der Waals surface area contributed by atoms with Crippen molar-refractivity contribution < 1.29 is 18.0 Å². The minimum atomic E-state index is -3.51. The van der Waals surface area contributed by atoms with Gasteiger partial charge in [-0.25, -0.2) is 0 Å². The van der Waals surface area contributed by atoms with Gasteiger partial charge in [0.15, 0.2) is 0 Å². The molecule has 8 heteroatoms. The van der Waals surface area contributed by atoms with Gasteiger partial charge >= 0.3 is 8.80 Å². The van der Waals surface area contributed by atoms with Crippen molar-refractivity contribution in [2.45, 2.75) is 0 Å². The minimum absolute atomic E-state index is 0.402. The SMILES string of the molecule is C1=CC([Si](Oc2ccncc2)(Oc2ccncc2)Oc2ccncc2)=CCO1. The molecule has 4 rings (SSSR count). The van der Waals surface area contributed by atoms with E-state index in [9.17, 15) is 0 Å². The van der Waals surface area contributed by atoms with Crippen LogP contribution in [0.5, 0.6) is 17.2 Å². The van der Waals surface area contributed by atoms with Crippen LogP contribution in [0.15, 0.2) is 97.2 Å². The van der Waals surface area contributed by atoms with Gasteiger partial charge in [0.1, 0.15) is 23.9 Å². The molecular weight excluding hydrogens is 374 g/mol. The van der Waals surface area contributed by atoms with E-state index in [1.165, 1.54) is 0 Å². The van der Waals surface area contributed by atoms with Crippen LogP contribution in [0.3, 0.4) is 0 Å². The van der Waals surface area contributed by atoms with Crippen LogP contribution >= 0.6 is 0 Å². The molecule has 28 heavy (non-hydrogen) atoms. The second kappa shape index (κ2) is 8.36. The molecule has 0 amide bonds. The van der Waals surface area contributed by atoms with Crippen molar-refractivity contribution in [2.75, 3.05) is 6.61 Å². The third-order valence-electron chi connectivity index (χ3n) is 3.80. The highest BCUT2D eigenvalue weighted by atomic mass is 28.4. The average molecular weight is 391 g/mol. The fourth-order valence-corrected chi connectivity index (χ4v) is 4.96. The molecule has 0 saturated heterocycles. The van der Waals surface area contributed by atoms with E-state index in [2.05, 4.69) is 15.0 Å². The van der Waals surface area contributed by atoms with E-state index in [4.69, 9.17) is 18.0 Å². The molecule has 0 bridgehead atoms. The lowest BCUT2D eigenvalue weighted by atomic mass is 10.4. The summed E-state index contributed by atoms with van der Waals surface area (Å²) >= 11 is 0. The first kappa shape index (κ1) is 17.7. The van der Waals surface area contributed by atoms with E-state index in [0.717, 1.165) is 5.20 Å². The largest absolute Gasteiger partial charge is 0.737 e. The maximum absolute atomic E-state index is 6.39. The molecule has 1 aliphatic heterocycles. The van der Waals surface area contributed by atoms with Gasteiger partial charge in [0, 0.05) is 37.2 Å². The minimum Gasteiger partial charge on any atom is -0.497 e. The van der Waals surface area contributed by atoms with Gasteiger partial charge in [-0.15, -0.1) is 0 Å². The Hall–Kier alpha value is -3.65. The predicted octanol–water partition coefficient (Wildman–Crippen LogP) is 3.36. The maximum atomic E-state index is 6.39. The lowest BCUT2D eigenvalue weighted by Gasteiger charge is -2.31. The summed E-state index contributed by atoms with van der Waals surface area (Å²) in [7, 11) is -3.51. The molecule has 140 valence electrons. The van der Waals surface area contributed by atoms with Crippen LogP contribution in [0.4, 0.5) is 0 Å². The Morgan fingerprint density at radius 3 is 1.46 bits per heavy atom. The lowest BCUT2D eigenvalue weighted by Crippen LogP contribution is -2.57. The summed E-state index contributed by atoms with van der Waals surface area (Å²) in [6.45, 7) is 0.402. The number of aromatic nitrogens is 3. The van der Waals surface area contributed by atoms with Crippen LogP contribution in [-0.4, -0.2) is 30.4 Å². The standard InChI is InChI=1S/C20H17N3O4Si/c1-9-21-10-2-17(1)25-28(20-7-15-24-16-8-20,26-18-3-11-22-12-4-18)27-19-5-13-23-14-6-19/h1-15H,16H2. The Morgan fingerprint density at radius 2 is 1.11 bits per heavy atom. The van der Waals surface area contributed by atoms with Crippen molar-refractivity contribution in [3.8, 4) is 17.2 Å². The smallest absolute Gasteiger partial charge is 0.497 e. The van der Waals surface area contributed by atoms with E-state index in [0.29, 0.717) is 23.9 Å². The lowest BCUT2D eigenvalue weighted by molar-refractivity contribution is 0.263. The van der Waals surface area contributed by atoms with E-state index >= 15 is 0 Å². The molecule has 4 heterocycles. The quantitative estimate of drug-likeness (QED) is 0.572. The normalized spacial score (nSPS) is 13.2. The van der Waals surface area contributed by atoms with Crippen LogP contribution in [-0.2, 0) is 4.74 Å². The van der Waals surface area contributed by atoms with Crippen molar-refractivity contribution in [1.82, 2.24) is 15.0 Å². The molecule has 0 aliphatic carbocycles. The van der Waals surface area contributed by atoms with E-state index < -0.39 is 8.80 Å². The molecule has 7 nitrogen and oxygen atoms in total. The Kier molecular flexibility index (Phi) is 5.30. The fraction of sp³-hybridized carbons (Fsp3) is 0.0500. The summed E-state index contributed by atoms with van der Waals surface area (Å²) in [5, 5.41) is 0.782. The van der Waals surface area contributed by atoms with Crippen LogP contribution in [0.1, 0.15) is 0 Å². The van der Waals surface area contributed by atoms with Crippen LogP contribution in [0, 0.1) is 0 Å². The van der Waals surface area contributed by atoms with Crippen molar-refractivity contribution >= 4 is 8.80 Å². The van der Waals surface area contributed by atoms with Crippen LogP contribution in [0.2, 0.25) is 0 Å². The highest BCUT2D eigenvalue weighted by Gasteiger charge is 2.53. The summed E-state index contributed by atoms with van der Waals surface area (Å²) in [5.74, 6) is 1.77. The third kappa shape index (κ3) is 4.18. The first-order chi connectivity index (χ1) is 13.8. The van der Waals surface area contributed by atoms with Gasteiger partial charge < -0.3 is 18.0 Å². The van der Waals surface area contributed by atoms with Crippen molar-refractivity contribution in [3.63, 3.8) is 0 Å². The first-order valence-corrected chi connectivity index (χ1v) is 10.3. The van der Waals surface area contributed by atoms with Gasteiger partial charge in [-0.1, -0.05) is 0 Å². The van der Waals surface area contributed by atoms with Gasteiger partial charge in [0.2, 0.25) is 0 Å². The second-order valence-corrected chi connectivity index (χ2v) is 8.01. The van der Waals surface area contributed by atoms with Crippen molar-refractivity contribution in [3.05, 3.63) is 97.2 Å². The molecule has 0 N–H and O–H groups in total. The Morgan fingerprint density at radius 1 is 0.679 bits per heavy atom. The second-order valence-electron chi connectivity index (χ2n) is 5.71. The third-order valence-corrected chi connectivity index (χ3v) is 6.39. The topological polar surface area (TPSA) is 75.6 Å². The predicted molar refractivity (Wildman–Crippen MR) is 104 cm³/mol. The van der Waals surface area contributed by atoms with Crippen LogP contribution < -0.4 is 13.3 Å². The Balaban J connectivity index is 1.79. The maximum Gasteiger partial charge on any atom is 0.737 e. The zero-order valence-electron chi connectivity index (χ0n) is 14.8. The number of rotatable bonds is 7. The van der Waals surface area contributed by atoms with Crippen molar-refractivity contribution in [2.24, 2.45) is 0 Å². The molecule has 0 unspecified atom stereocenters. The molecule has 3 aromatic rings. The monoisotopic (exact) mass is 391 g/mol. The number of hydrogen-bond donors (Lipinski definition) is 0. The summed E-state index contributed by atoms with van der Waals surface area (Å²) in [6, 6.07) is 10.6. The van der Waals surface area contributed by atoms with Gasteiger partial charge in [0.25, 0.3) is 0 Å². The molecule has 1 aliphatic rings. The highest BCUT2D eigenvalue weighted by molar-refractivity contribution is 6.71. The van der Waals surface area contributed by atoms with E-state index in [1.807, 2.05) is 6.08 Å². The summed E-state index contributed by atoms with van der Waals surface area (Å²) in [4.78, 5) is 12.1. The van der Waals surface area contributed by atoms with Crippen LogP contribution in [0.25, 0.3) is 0 Å². The molecule has 0 radical (unpaired) electrons. The summed E-state index contributed by atoms with van der Waals surface area (Å²) in [5.41, 5.74) is 0. The summed E-state index contributed by atoms with van der Waals surface area (Å²) < 4.78 is 24.5. The number of ether oxygens (including phenoxy) is 1. The number of nitrogens with zero attached hydrogens (tertiary/aromatic N) is 3. The van der Waals surface area contributed by atoms with E-state index in [1.54, 1.807) is 85.9 Å². The zero-order valence-corrected chi connectivity index (χ0v) is 15.8. The average Bonchev–Trinajstić information content (AvgIpc) is 2.76. The number of pyridine rings is 3. The molecule has 0 saturated carbocycles. The number of allylic oxidation sites excluding steroid dienone is 2. The summed E-state index contributed by atoms with van der Waals surface area (Å²) in [6.07, 6.45) is 15.2. The Bertz CT molecular complexity index is 852.